The summed E-state index contributed by atoms with van der Waals surface area (Å²) in [6.07, 6.45) is 9.12. The van der Waals surface area contributed by atoms with Gasteiger partial charge in [0, 0.05) is 25.7 Å². The summed E-state index contributed by atoms with van der Waals surface area (Å²) in [6.45, 7) is 5.09. The third-order valence-electron chi connectivity index (χ3n) is 3.91. The van der Waals surface area contributed by atoms with Gasteiger partial charge >= 0.3 is 0 Å². The van der Waals surface area contributed by atoms with E-state index in [0.29, 0.717) is 12.1 Å². The predicted octanol–water partition coefficient (Wildman–Crippen LogP) is 2.69. The largest absolute Gasteiger partial charge is 0.376 e. The van der Waals surface area contributed by atoms with Crippen molar-refractivity contribution in [3.05, 3.63) is 0 Å². The Hall–Kier alpha value is -0.350. The molecule has 0 aromatic heterocycles. The molecule has 0 aromatic rings. The zero-order chi connectivity index (χ0) is 12.8. The van der Waals surface area contributed by atoms with E-state index < -0.39 is 0 Å². The molecule has 2 fully saturated rings. The Balaban J connectivity index is 1.74. The van der Waals surface area contributed by atoms with Gasteiger partial charge in [0.2, 0.25) is 0 Å². The highest BCUT2D eigenvalue weighted by Gasteiger charge is 2.24. The van der Waals surface area contributed by atoms with Gasteiger partial charge in [-0.05, 0) is 44.3 Å². The minimum Gasteiger partial charge on any atom is -0.376 e. The zero-order valence-corrected chi connectivity index (χ0v) is 12.3. The Kier molecular flexibility index (Phi) is 5.70. The minimum atomic E-state index is 0.377. The molecular weight excluding hydrogens is 244 g/mol. The average molecular weight is 270 g/mol. The highest BCUT2D eigenvalue weighted by Crippen LogP contribution is 2.19. The number of nitrogens with one attached hydrogen (secondary N) is 1. The maximum absolute atomic E-state index is 5.85. The Morgan fingerprint density at radius 1 is 1.28 bits per heavy atom. The van der Waals surface area contributed by atoms with Crippen molar-refractivity contribution in [2.24, 2.45) is 0 Å². The molecule has 104 valence electrons. The van der Waals surface area contributed by atoms with Gasteiger partial charge in [0.15, 0.2) is 5.11 Å². The molecule has 1 unspecified atom stereocenters. The summed E-state index contributed by atoms with van der Waals surface area (Å²) < 4.78 is 5.85. The van der Waals surface area contributed by atoms with Crippen molar-refractivity contribution in [1.29, 1.82) is 0 Å². The van der Waals surface area contributed by atoms with Crippen LogP contribution in [0.2, 0.25) is 0 Å². The molecule has 0 aromatic carbocycles. The standard InChI is InChI=1S/C14H26N2OS/c1-2-10-17-13-8-5-9-16(11-13)14(18)15-12-6-3-4-7-12/h12-13H,2-11H2,1H3,(H,15,18). The topological polar surface area (TPSA) is 24.5 Å². The highest BCUT2D eigenvalue weighted by molar-refractivity contribution is 7.80. The second-order valence-electron chi connectivity index (χ2n) is 5.51. The first kappa shape index (κ1) is 14.1. The zero-order valence-electron chi connectivity index (χ0n) is 11.5. The first-order chi connectivity index (χ1) is 8.79. The second-order valence-corrected chi connectivity index (χ2v) is 5.90. The number of nitrogens with zero attached hydrogens (tertiary/aromatic N) is 1. The van der Waals surface area contributed by atoms with Gasteiger partial charge in [-0.25, -0.2) is 0 Å². The Morgan fingerprint density at radius 2 is 2.06 bits per heavy atom. The maximum Gasteiger partial charge on any atom is 0.169 e. The molecule has 3 nitrogen and oxygen atoms in total. The van der Waals surface area contributed by atoms with E-state index in [1.165, 1.54) is 38.5 Å². The van der Waals surface area contributed by atoms with Crippen molar-refractivity contribution >= 4 is 17.3 Å². The summed E-state index contributed by atoms with van der Waals surface area (Å²) in [5.74, 6) is 0. The van der Waals surface area contributed by atoms with E-state index in [1.807, 2.05) is 0 Å². The van der Waals surface area contributed by atoms with Gasteiger partial charge < -0.3 is 15.0 Å². The fraction of sp³-hybridized carbons (Fsp3) is 0.929. The van der Waals surface area contributed by atoms with Crippen LogP contribution in [-0.4, -0.2) is 41.9 Å². The van der Waals surface area contributed by atoms with E-state index in [4.69, 9.17) is 17.0 Å². The molecule has 0 amide bonds. The summed E-state index contributed by atoms with van der Waals surface area (Å²) in [7, 11) is 0. The minimum absolute atomic E-state index is 0.377. The van der Waals surface area contributed by atoms with E-state index in [2.05, 4.69) is 17.1 Å². The molecular formula is C14H26N2OS. The monoisotopic (exact) mass is 270 g/mol. The number of piperidine rings is 1. The van der Waals surface area contributed by atoms with Crippen LogP contribution < -0.4 is 5.32 Å². The van der Waals surface area contributed by atoms with E-state index >= 15 is 0 Å². The molecule has 4 heteroatoms. The summed E-state index contributed by atoms with van der Waals surface area (Å²) in [6, 6.07) is 0.620. The van der Waals surface area contributed by atoms with Crippen LogP contribution >= 0.6 is 12.2 Å². The van der Waals surface area contributed by atoms with Crippen molar-refractivity contribution in [3.8, 4) is 0 Å². The lowest BCUT2D eigenvalue weighted by Crippen LogP contribution is -2.49. The van der Waals surface area contributed by atoms with Gasteiger partial charge in [-0.15, -0.1) is 0 Å². The van der Waals surface area contributed by atoms with Crippen LogP contribution in [-0.2, 0) is 4.74 Å². The quantitative estimate of drug-likeness (QED) is 0.794. The van der Waals surface area contributed by atoms with Crippen molar-refractivity contribution in [3.63, 3.8) is 0 Å². The molecule has 2 rings (SSSR count). The Bertz CT molecular complexity index is 267. The Morgan fingerprint density at radius 3 is 2.78 bits per heavy atom. The van der Waals surface area contributed by atoms with Crippen LogP contribution in [0, 0.1) is 0 Å². The first-order valence-electron chi connectivity index (χ1n) is 7.46. The predicted molar refractivity (Wildman–Crippen MR) is 78.8 cm³/mol. The van der Waals surface area contributed by atoms with Gasteiger partial charge in [-0.2, -0.15) is 0 Å². The number of thiocarbonyl (C=S) groups is 1. The SMILES string of the molecule is CCCOC1CCCN(C(=S)NC2CCCC2)C1. The van der Waals surface area contributed by atoms with E-state index in [-0.39, 0.29) is 0 Å². The molecule has 0 radical (unpaired) electrons. The maximum atomic E-state index is 5.85. The van der Waals surface area contributed by atoms with Crippen LogP contribution in [0.25, 0.3) is 0 Å². The van der Waals surface area contributed by atoms with Gasteiger partial charge in [0.05, 0.1) is 6.10 Å². The number of rotatable bonds is 4. The molecule has 1 aliphatic carbocycles. The second kappa shape index (κ2) is 7.29. The number of hydrogen-bond donors (Lipinski definition) is 1. The summed E-state index contributed by atoms with van der Waals surface area (Å²) >= 11 is 5.54. The molecule has 18 heavy (non-hydrogen) atoms. The lowest BCUT2D eigenvalue weighted by Gasteiger charge is -2.35. The van der Waals surface area contributed by atoms with Crippen molar-refractivity contribution < 1.29 is 4.74 Å². The lowest BCUT2D eigenvalue weighted by atomic mass is 10.1. The number of likely N-dealkylation sites (tertiary alicyclic amines) is 1. The Labute approximate surface area is 116 Å². The lowest BCUT2D eigenvalue weighted by molar-refractivity contribution is 0.0163. The average Bonchev–Trinajstić information content (AvgIpc) is 2.89. The van der Waals surface area contributed by atoms with Gasteiger partial charge in [0.1, 0.15) is 0 Å². The fourth-order valence-electron chi connectivity index (χ4n) is 2.88. The summed E-state index contributed by atoms with van der Waals surface area (Å²) in [5.41, 5.74) is 0. The van der Waals surface area contributed by atoms with E-state index in [9.17, 15) is 0 Å². The molecule has 0 bridgehead atoms. The number of ether oxygens (including phenoxy) is 1. The van der Waals surface area contributed by atoms with Crippen LogP contribution in [0.3, 0.4) is 0 Å². The molecule has 2 aliphatic rings. The molecule has 1 heterocycles. The van der Waals surface area contributed by atoms with Crippen LogP contribution in [0.5, 0.6) is 0 Å². The van der Waals surface area contributed by atoms with Gasteiger partial charge in [-0.3, -0.25) is 0 Å². The third kappa shape index (κ3) is 4.09. The summed E-state index contributed by atoms with van der Waals surface area (Å²) in [4.78, 5) is 2.30. The molecule has 0 spiro atoms. The van der Waals surface area contributed by atoms with Crippen LogP contribution in [0.1, 0.15) is 51.9 Å². The van der Waals surface area contributed by atoms with Crippen LogP contribution in [0.4, 0.5) is 0 Å². The summed E-state index contributed by atoms with van der Waals surface area (Å²) in [5, 5.41) is 4.48. The third-order valence-corrected chi connectivity index (χ3v) is 4.28. The van der Waals surface area contributed by atoms with Crippen LogP contribution in [0.15, 0.2) is 0 Å². The van der Waals surface area contributed by atoms with Crippen molar-refractivity contribution in [2.45, 2.75) is 64.0 Å². The first-order valence-corrected chi connectivity index (χ1v) is 7.87. The molecule has 1 saturated heterocycles. The van der Waals surface area contributed by atoms with E-state index in [1.54, 1.807) is 0 Å². The molecule has 1 aliphatic heterocycles. The number of hydrogen-bond acceptors (Lipinski definition) is 2. The smallest absolute Gasteiger partial charge is 0.169 e. The highest BCUT2D eigenvalue weighted by atomic mass is 32.1. The van der Waals surface area contributed by atoms with Gasteiger partial charge in [0.25, 0.3) is 0 Å². The van der Waals surface area contributed by atoms with E-state index in [0.717, 1.165) is 31.2 Å². The van der Waals surface area contributed by atoms with Gasteiger partial charge in [-0.1, -0.05) is 19.8 Å². The molecule has 1 saturated carbocycles. The van der Waals surface area contributed by atoms with Crippen molar-refractivity contribution in [2.75, 3.05) is 19.7 Å². The normalized spacial score (nSPS) is 25.4. The molecule has 1 atom stereocenters. The fourth-order valence-corrected chi connectivity index (χ4v) is 3.21. The molecule has 1 N–H and O–H groups in total. The van der Waals surface area contributed by atoms with Crippen molar-refractivity contribution in [1.82, 2.24) is 10.2 Å².